The van der Waals surface area contributed by atoms with Gasteiger partial charge in [0.15, 0.2) is 0 Å². The van der Waals surface area contributed by atoms with Crippen LogP contribution in [0.4, 0.5) is 5.13 Å². The number of likely N-dealkylation sites (tertiary alicyclic amines) is 1. The second-order valence-corrected chi connectivity index (χ2v) is 7.39. The van der Waals surface area contributed by atoms with E-state index in [0.717, 1.165) is 33.8 Å². The molecular weight excluding hydrogens is 322 g/mol. The van der Waals surface area contributed by atoms with Crippen LogP contribution in [-0.4, -0.2) is 51.3 Å². The number of hydrogen-bond acceptors (Lipinski definition) is 6. The molecular formula is C17H21N5OS. The number of aromatic nitrogens is 3. The molecule has 0 bridgehead atoms. The van der Waals surface area contributed by atoms with Crippen LogP contribution in [0, 0.1) is 5.92 Å². The highest BCUT2D eigenvalue weighted by molar-refractivity contribution is 7.20. The van der Waals surface area contributed by atoms with E-state index in [-0.39, 0.29) is 5.75 Å². The molecule has 0 saturated carbocycles. The molecule has 1 aromatic carbocycles. The zero-order valence-corrected chi connectivity index (χ0v) is 14.5. The molecule has 1 aliphatic rings. The van der Waals surface area contributed by atoms with Gasteiger partial charge in [-0.3, -0.25) is 0 Å². The third-order valence-electron chi connectivity index (χ3n) is 4.59. The lowest BCUT2D eigenvalue weighted by Crippen LogP contribution is -2.32. The average Bonchev–Trinajstić information content (AvgIpc) is 3.13. The number of nitrogens with zero attached hydrogens (tertiary/aromatic N) is 4. The van der Waals surface area contributed by atoms with Crippen LogP contribution in [0.2, 0.25) is 0 Å². The van der Waals surface area contributed by atoms with E-state index in [2.05, 4.69) is 27.3 Å². The Morgan fingerprint density at radius 1 is 1.25 bits per heavy atom. The first-order valence-corrected chi connectivity index (χ1v) is 9.07. The van der Waals surface area contributed by atoms with Crippen molar-refractivity contribution in [3.63, 3.8) is 0 Å². The van der Waals surface area contributed by atoms with E-state index in [9.17, 15) is 5.11 Å². The summed E-state index contributed by atoms with van der Waals surface area (Å²) in [5.41, 5.74) is 1.85. The van der Waals surface area contributed by atoms with Crippen LogP contribution in [0.15, 0.2) is 30.5 Å². The van der Waals surface area contributed by atoms with E-state index in [1.54, 1.807) is 23.5 Å². The predicted molar refractivity (Wildman–Crippen MR) is 96.7 cm³/mol. The molecule has 7 heteroatoms. The number of nitrogens with one attached hydrogen (secondary N) is 1. The van der Waals surface area contributed by atoms with Crippen molar-refractivity contribution in [1.29, 1.82) is 0 Å². The number of rotatable bonds is 4. The third-order valence-corrected chi connectivity index (χ3v) is 5.47. The Labute approximate surface area is 144 Å². The minimum atomic E-state index is 0.262. The van der Waals surface area contributed by atoms with Crippen molar-refractivity contribution in [2.75, 3.05) is 32.0 Å². The van der Waals surface area contributed by atoms with Crippen LogP contribution in [0.5, 0.6) is 5.75 Å². The van der Waals surface area contributed by atoms with E-state index >= 15 is 0 Å². The van der Waals surface area contributed by atoms with Crippen LogP contribution >= 0.6 is 11.3 Å². The Kier molecular flexibility index (Phi) is 4.12. The van der Waals surface area contributed by atoms with Gasteiger partial charge in [0.1, 0.15) is 5.75 Å². The summed E-state index contributed by atoms with van der Waals surface area (Å²) >= 11 is 1.57. The van der Waals surface area contributed by atoms with Crippen LogP contribution in [-0.2, 0) is 0 Å². The van der Waals surface area contributed by atoms with Crippen molar-refractivity contribution in [3.05, 3.63) is 30.5 Å². The van der Waals surface area contributed by atoms with Gasteiger partial charge >= 0.3 is 0 Å². The van der Waals surface area contributed by atoms with E-state index in [4.69, 9.17) is 0 Å². The fourth-order valence-electron chi connectivity index (χ4n) is 3.04. The molecule has 2 aromatic heterocycles. The summed E-state index contributed by atoms with van der Waals surface area (Å²) in [5.74, 6) is 0.989. The van der Waals surface area contributed by atoms with Crippen molar-refractivity contribution >= 4 is 21.4 Å². The van der Waals surface area contributed by atoms with Crippen LogP contribution in [0.3, 0.4) is 0 Å². The van der Waals surface area contributed by atoms with Crippen molar-refractivity contribution in [2.24, 2.45) is 5.92 Å². The summed E-state index contributed by atoms with van der Waals surface area (Å²) in [4.78, 5) is 7.90. The van der Waals surface area contributed by atoms with E-state index in [0.29, 0.717) is 0 Å². The Balaban J connectivity index is 1.43. The van der Waals surface area contributed by atoms with Gasteiger partial charge < -0.3 is 15.3 Å². The number of aromatic hydroxyl groups is 1. The zero-order chi connectivity index (χ0) is 16.5. The summed E-state index contributed by atoms with van der Waals surface area (Å²) in [5, 5.41) is 18.3. The van der Waals surface area contributed by atoms with Crippen molar-refractivity contribution in [3.8, 4) is 17.0 Å². The highest BCUT2D eigenvalue weighted by Crippen LogP contribution is 2.26. The molecule has 0 radical (unpaired) electrons. The predicted octanol–water partition coefficient (Wildman–Crippen LogP) is 2.92. The first-order chi connectivity index (χ1) is 11.7. The summed E-state index contributed by atoms with van der Waals surface area (Å²) in [6.07, 6.45) is 4.42. The molecule has 6 nitrogen and oxygen atoms in total. The molecule has 24 heavy (non-hydrogen) atoms. The molecule has 3 heterocycles. The van der Waals surface area contributed by atoms with E-state index in [1.165, 1.54) is 25.9 Å². The smallest absolute Gasteiger partial charge is 0.214 e. The standard InChI is InChI=1S/C17H21N5OS/c1-21-8-6-12(7-9-21)10-18-16-20-22-11-15(19-17(22)24-16)13-2-4-14(23)5-3-13/h2-5,11-12,23H,6-10H2,1H3,(H,18,20). The lowest BCUT2D eigenvalue weighted by molar-refractivity contribution is 0.226. The lowest BCUT2D eigenvalue weighted by atomic mass is 9.97. The zero-order valence-electron chi connectivity index (χ0n) is 13.6. The second-order valence-electron chi connectivity index (χ2n) is 6.43. The van der Waals surface area contributed by atoms with Crippen molar-refractivity contribution in [2.45, 2.75) is 12.8 Å². The molecule has 0 amide bonds. The van der Waals surface area contributed by atoms with Crippen LogP contribution < -0.4 is 5.32 Å². The van der Waals surface area contributed by atoms with Gasteiger partial charge in [-0.25, -0.2) is 9.50 Å². The third kappa shape index (κ3) is 3.22. The number of piperidine rings is 1. The highest BCUT2D eigenvalue weighted by atomic mass is 32.1. The second kappa shape index (κ2) is 6.41. The van der Waals surface area contributed by atoms with E-state index in [1.807, 2.05) is 22.8 Å². The number of imidazole rings is 1. The van der Waals surface area contributed by atoms with E-state index < -0.39 is 0 Å². The Morgan fingerprint density at radius 3 is 2.71 bits per heavy atom. The maximum absolute atomic E-state index is 9.37. The summed E-state index contributed by atoms with van der Waals surface area (Å²) < 4.78 is 1.82. The van der Waals surface area contributed by atoms with Gasteiger partial charge in [-0.1, -0.05) is 11.3 Å². The topological polar surface area (TPSA) is 65.7 Å². The molecule has 0 aliphatic carbocycles. The minimum absolute atomic E-state index is 0.262. The fraction of sp³-hybridized carbons (Fsp3) is 0.412. The van der Waals surface area contributed by atoms with Crippen molar-refractivity contribution in [1.82, 2.24) is 19.5 Å². The number of phenols is 1. The largest absolute Gasteiger partial charge is 0.508 e. The SMILES string of the molecule is CN1CCC(CNc2nn3cc(-c4ccc(O)cc4)nc3s2)CC1. The van der Waals surface area contributed by atoms with Crippen LogP contribution in [0.25, 0.3) is 16.2 Å². The number of fused-ring (bicyclic) bond motifs is 1. The molecule has 1 fully saturated rings. The van der Waals surface area contributed by atoms with Crippen LogP contribution in [0.1, 0.15) is 12.8 Å². The van der Waals surface area contributed by atoms with Gasteiger partial charge in [-0.15, -0.1) is 5.10 Å². The lowest BCUT2D eigenvalue weighted by Gasteiger charge is -2.28. The Bertz CT molecular complexity index is 786. The fourth-order valence-corrected chi connectivity index (χ4v) is 3.83. The summed E-state index contributed by atoms with van der Waals surface area (Å²) in [7, 11) is 2.19. The first-order valence-electron chi connectivity index (χ1n) is 8.25. The summed E-state index contributed by atoms with van der Waals surface area (Å²) in [6, 6.07) is 7.07. The molecule has 4 rings (SSSR count). The van der Waals surface area contributed by atoms with Gasteiger partial charge in [0.25, 0.3) is 0 Å². The van der Waals surface area contributed by atoms with Gasteiger partial charge in [0.2, 0.25) is 10.1 Å². The molecule has 126 valence electrons. The molecule has 0 unspecified atom stereocenters. The number of phenolic OH excluding ortho intramolecular Hbond substituents is 1. The molecule has 0 spiro atoms. The maximum atomic E-state index is 9.37. The molecule has 1 aliphatic heterocycles. The quantitative estimate of drug-likeness (QED) is 0.762. The number of hydrogen-bond donors (Lipinski definition) is 2. The summed E-state index contributed by atoms with van der Waals surface area (Å²) in [6.45, 7) is 3.35. The van der Waals surface area contributed by atoms with Gasteiger partial charge in [-0.05, 0) is 63.2 Å². The minimum Gasteiger partial charge on any atom is -0.508 e. The van der Waals surface area contributed by atoms with Gasteiger partial charge in [0.05, 0.1) is 11.9 Å². The van der Waals surface area contributed by atoms with Crippen molar-refractivity contribution < 1.29 is 5.11 Å². The number of benzene rings is 1. The maximum Gasteiger partial charge on any atom is 0.214 e. The monoisotopic (exact) mass is 343 g/mol. The average molecular weight is 343 g/mol. The highest BCUT2D eigenvalue weighted by Gasteiger charge is 2.17. The van der Waals surface area contributed by atoms with Gasteiger partial charge in [-0.2, -0.15) is 0 Å². The Hall–Kier alpha value is -2.12. The van der Waals surface area contributed by atoms with Gasteiger partial charge in [0, 0.05) is 12.1 Å². The molecule has 2 N–H and O–H groups in total. The molecule has 0 atom stereocenters. The number of anilines is 1. The molecule has 3 aromatic rings. The first kappa shape index (κ1) is 15.4. The molecule has 1 saturated heterocycles. The normalized spacial score (nSPS) is 16.7. The Morgan fingerprint density at radius 2 is 2.00 bits per heavy atom.